The van der Waals surface area contributed by atoms with Crippen LogP contribution in [0.2, 0.25) is 0 Å². The molecule has 0 aliphatic carbocycles. The molecule has 0 atom stereocenters. The summed E-state index contributed by atoms with van der Waals surface area (Å²) >= 11 is 0. The quantitative estimate of drug-likeness (QED) is 0.597. The molecule has 0 aromatic carbocycles. The Labute approximate surface area is 63.9 Å². The Hall–Kier alpha value is -1.45. The molecule has 4 nitrogen and oxygen atoms in total. The van der Waals surface area contributed by atoms with Crippen LogP contribution in [0.4, 0.5) is 0 Å². The third kappa shape index (κ3) is 0.960. The van der Waals surface area contributed by atoms with Gasteiger partial charge in [-0.3, -0.25) is 4.40 Å². The van der Waals surface area contributed by atoms with Gasteiger partial charge in [0.15, 0.2) is 0 Å². The molecule has 0 aliphatic rings. The molecule has 0 aliphatic heterocycles. The Morgan fingerprint density at radius 1 is 1.55 bits per heavy atom. The monoisotopic (exact) mass is 148 g/mol. The van der Waals surface area contributed by atoms with Gasteiger partial charge in [-0.2, -0.15) is 5.10 Å². The lowest BCUT2D eigenvalue weighted by Crippen LogP contribution is -1.87. The van der Waals surface area contributed by atoms with Crippen LogP contribution in [0.3, 0.4) is 0 Å². The van der Waals surface area contributed by atoms with Crippen molar-refractivity contribution >= 4 is 5.78 Å². The van der Waals surface area contributed by atoms with Gasteiger partial charge in [-0.05, 0) is 6.42 Å². The third-order valence-corrected chi connectivity index (χ3v) is 1.57. The molecule has 0 radical (unpaired) electrons. The Bertz CT molecular complexity index is 332. The van der Waals surface area contributed by atoms with Crippen LogP contribution < -0.4 is 0 Å². The van der Waals surface area contributed by atoms with Crippen LogP contribution in [0, 0.1) is 0 Å². The lowest BCUT2D eigenvalue weighted by Gasteiger charge is -1.84. The van der Waals surface area contributed by atoms with E-state index in [1.165, 1.54) is 0 Å². The summed E-state index contributed by atoms with van der Waals surface area (Å²) in [6.45, 7) is 2.06. The van der Waals surface area contributed by atoms with Crippen LogP contribution in [-0.4, -0.2) is 19.6 Å². The third-order valence-electron chi connectivity index (χ3n) is 1.57. The van der Waals surface area contributed by atoms with E-state index in [1.54, 1.807) is 6.20 Å². The van der Waals surface area contributed by atoms with Crippen molar-refractivity contribution in [2.45, 2.75) is 13.3 Å². The number of aryl methyl sites for hydroxylation is 1. The summed E-state index contributed by atoms with van der Waals surface area (Å²) in [7, 11) is 0. The highest BCUT2D eigenvalue weighted by Crippen LogP contribution is 1.99. The molecule has 0 amide bonds. The van der Waals surface area contributed by atoms with Gasteiger partial charge in [-0.25, -0.2) is 4.98 Å². The molecule has 2 aromatic rings. The van der Waals surface area contributed by atoms with E-state index < -0.39 is 0 Å². The summed E-state index contributed by atoms with van der Waals surface area (Å²) in [5, 5.41) is 7.58. The summed E-state index contributed by atoms with van der Waals surface area (Å²) in [6.07, 6.45) is 6.38. The van der Waals surface area contributed by atoms with Crippen LogP contribution in [0.25, 0.3) is 5.78 Å². The minimum atomic E-state index is 0.671. The molecule has 0 bridgehead atoms. The summed E-state index contributed by atoms with van der Waals surface area (Å²) in [4.78, 5) is 4.22. The van der Waals surface area contributed by atoms with E-state index in [0.29, 0.717) is 5.78 Å². The fourth-order valence-corrected chi connectivity index (χ4v) is 0.974. The van der Waals surface area contributed by atoms with Crippen molar-refractivity contribution < 1.29 is 0 Å². The van der Waals surface area contributed by atoms with E-state index in [4.69, 9.17) is 0 Å². The van der Waals surface area contributed by atoms with Gasteiger partial charge in [0.25, 0.3) is 5.78 Å². The molecule has 0 saturated heterocycles. The van der Waals surface area contributed by atoms with Gasteiger partial charge in [0.1, 0.15) is 0 Å². The largest absolute Gasteiger partial charge is 0.288 e. The maximum atomic E-state index is 4.22. The highest BCUT2D eigenvalue weighted by atomic mass is 15.2. The Morgan fingerprint density at radius 2 is 2.45 bits per heavy atom. The maximum Gasteiger partial charge on any atom is 0.253 e. The number of nitrogens with zero attached hydrogens (tertiary/aromatic N) is 4. The average Bonchev–Trinajstić information content (AvgIpc) is 2.46. The molecule has 2 rings (SSSR count). The van der Waals surface area contributed by atoms with Crippen LogP contribution in [0.1, 0.15) is 12.6 Å². The topological polar surface area (TPSA) is 43.1 Å². The highest BCUT2D eigenvalue weighted by Gasteiger charge is 1.97. The van der Waals surface area contributed by atoms with Gasteiger partial charge in [-0.1, -0.05) is 6.92 Å². The van der Waals surface area contributed by atoms with E-state index >= 15 is 0 Å². The van der Waals surface area contributed by atoms with Crippen LogP contribution in [0.5, 0.6) is 0 Å². The molecule has 0 fully saturated rings. The predicted octanol–water partition coefficient (Wildman–Crippen LogP) is 0.687. The number of imidazole rings is 1. The summed E-state index contributed by atoms with van der Waals surface area (Å²) in [5.41, 5.74) is 1.05. The molecule has 2 heterocycles. The number of fused-ring (bicyclic) bond motifs is 1. The lowest BCUT2D eigenvalue weighted by atomic mass is 10.4. The molecule has 0 N–H and O–H groups in total. The van der Waals surface area contributed by atoms with Crippen molar-refractivity contribution in [1.82, 2.24) is 19.6 Å². The summed E-state index contributed by atoms with van der Waals surface area (Å²) in [6, 6.07) is 0. The Balaban J connectivity index is 2.69. The first-order valence-corrected chi connectivity index (χ1v) is 3.55. The van der Waals surface area contributed by atoms with Gasteiger partial charge in [0.2, 0.25) is 0 Å². The standard InChI is InChI=1S/C7H8N4/c1-2-6-5-11-4-3-8-10-7(11)9-6/h3-5H,2H2,1H3. The normalized spacial score (nSPS) is 10.6. The van der Waals surface area contributed by atoms with E-state index in [-0.39, 0.29) is 0 Å². The van der Waals surface area contributed by atoms with Gasteiger partial charge < -0.3 is 0 Å². The lowest BCUT2D eigenvalue weighted by molar-refractivity contribution is 0.964. The van der Waals surface area contributed by atoms with E-state index in [2.05, 4.69) is 22.1 Å². The first kappa shape index (κ1) is 6.27. The van der Waals surface area contributed by atoms with E-state index in [0.717, 1.165) is 12.1 Å². The fraction of sp³-hybridized carbons (Fsp3) is 0.286. The molecule has 0 saturated carbocycles. The molecule has 56 valence electrons. The molecule has 0 spiro atoms. The highest BCUT2D eigenvalue weighted by molar-refractivity contribution is 5.27. The zero-order chi connectivity index (χ0) is 7.68. The van der Waals surface area contributed by atoms with Crippen molar-refractivity contribution in [3.8, 4) is 0 Å². The first-order chi connectivity index (χ1) is 5.40. The average molecular weight is 148 g/mol. The van der Waals surface area contributed by atoms with E-state index in [9.17, 15) is 0 Å². The maximum absolute atomic E-state index is 4.22. The van der Waals surface area contributed by atoms with Crippen LogP contribution in [0.15, 0.2) is 18.6 Å². The molecule has 11 heavy (non-hydrogen) atoms. The summed E-state index contributed by atoms with van der Waals surface area (Å²) in [5.74, 6) is 0.671. The van der Waals surface area contributed by atoms with Gasteiger partial charge in [0.05, 0.1) is 11.9 Å². The number of hydrogen-bond acceptors (Lipinski definition) is 3. The van der Waals surface area contributed by atoms with Gasteiger partial charge in [0, 0.05) is 12.4 Å². The predicted molar refractivity (Wildman–Crippen MR) is 40.2 cm³/mol. The smallest absolute Gasteiger partial charge is 0.253 e. The van der Waals surface area contributed by atoms with Crippen molar-refractivity contribution in [1.29, 1.82) is 0 Å². The van der Waals surface area contributed by atoms with Crippen molar-refractivity contribution in [2.24, 2.45) is 0 Å². The fourth-order valence-electron chi connectivity index (χ4n) is 0.974. The molecular weight excluding hydrogens is 140 g/mol. The first-order valence-electron chi connectivity index (χ1n) is 3.55. The summed E-state index contributed by atoms with van der Waals surface area (Å²) < 4.78 is 1.87. The molecule has 4 heteroatoms. The van der Waals surface area contributed by atoms with Crippen LogP contribution >= 0.6 is 0 Å². The molecule has 2 aromatic heterocycles. The zero-order valence-electron chi connectivity index (χ0n) is 6.23. The minimum absolute atomic E-state index is 0.671. The second-order valence-electron chi connectivity index (χ2n) is 2.31. The Kier molecular flexibility index (Phi) is 1.31. The van der Waals surface area contributed by atoms with Crippen molar-refractivity contribution in [2.75, 3.05) is 0 Å². The second kappa shape index (κ2) is 2.30. The van der Waals surface area contributed by atoms with Gasteiger partial charge >= 0.3 is 0 Å². The number of hydrogen-bond donors (Lipinski definition) is 0. The van der Waals surface area contributed by atoms with Crippen molar-refractivity contribution in [3.05, 3.63) is 24.3 Å². The zero-order valence-corrected chi connectivity index (χ0v) is 6.23. The second-order valence-corrected chi connectivity index (χ2v) is 2.31. The SMILES string of the molecule is CCc1cn2ccnnc2n1. The number of rotatable bonds is 1. The van der Waals surface area contributed by atoms with Crippen LogP contribution in [-0.2, 0) is 6.42 Å². The minimum Gasteiger partial charge on any atom is -0.288 e. The molecule has 0 unspecified atom stereocenters. The Morgan fingerprint density at radius 3 is 3.18 bits per heavy atom. The van der Waals surface area contributed by atoms with Crippen molar-refractivity contribution in [3.63, 3.8) is 0 Å². The molecular formula is C7H8N4. The van der Waals surface area contributed by atoms with Gasteiger partial charge in [-0.15, -0.1) is 5.10 Å². The number of aromatic nitrogens is 4. The van der Waals surface area contributed by atoms with E-state index in [1.807, 2.05) is 16.8 Å².